The summed E-state index contributed by atoms with van der Waals surface area (Å²) in [6.07, 6.45) is 0. The molecule has 1 aliphatic rings. The van der Waals surface area contributed by atoms with Crippen LogP contribution in [0.3, 0.4) is 0 Å². The molecular formula is C18H11NO3. The summed E-state index contributed by atoms with van der Waals surface area (Å²) >= 11 is 0. The third-order valence-electron chi connectivity index (χ3n) is 3.94. The summed E-state index contributed by atoms with van der Waals surface area (Å²) < 4.78 is 5.76. The minimum Gasteiger partial charge on any atom is -0.508 e. The van der Waals surface area contributed by atoms with Crippen molar-refractivity contribution in [2.24, 2.45) is 0 Å². The van der Waals surface area contributed by atoms with Crippen molar-refractivity contribution in [2.45, 2.75) is 6.61 Å². The van der Waals surface area contributed by atoms with Crippen LogP contribution < -0.4 is 4.74 Å². The highest BCUT2D eigenvalue weighted by Crippen LogP contribution is 2.44. The van der Waals surface area contributed by atoms with E-state index in [9.17, 15) is 15.5 Å². The fourth-order valence-corrected chi connectivity index (χ4v) is 2.94. The Balaban J connectivity index is 2.10. The maximum absolute atomic E-state index is 9.66. The van der Waals surface area contributed by atoms with Gasteiger partial charge in [0, 0.05) is 16.5 Å². The van der Waals surface area contributed by atoms with Crippen LogP contribution in [0.4, 0.5) is 0 Å². The van der Waals surface area contributed by atoms with Crippen molar-refractivity contribution < 1.29 is 14.9 Å². The molecule has 0 saturated heterocycles. The smallest absolute Gasteiger partial charge is 0.146 e. The Bertz CT molecular complexity index is 970. The molecule has 0 bridgehead atoms. The summed E-state index contributed by atoms with van der Waals surface area (Å²) in [7, 11) is 0. The average molecular weight is 289 g/mol. The van der Waals surface area contributed by atoms with Crippen LogP contribution in [0.2, 0.25) is 0 Å². The maximum atomic E-state index is 9.66. The van der Waals surface area contributed by atoms with E-state index < -0.39 is 0 Å². The summed E-state index contributed by atoms with van der Waals surface area (Å²) in [4.78, 5) is 0. The van der Waals surface area contributed by atoms with Gasteiger partial charge in [0.05, 0.1) is 0 Å². The monoisotopic (exact) mass is 289 g/mol. The highest BCUT2D eigenvalue weighted by molar-refractivity contribution is 5.97. The van der Waals surface area contributed by atoms with Crippen LogP contribution >= 0.6 is 0 Å². The van der Waals surface area contributed by atoms with Gasteiger partial charge in [-0.2, -0.15) is 5.26 Å². The molecule has 0 radical (unpaired) electrons. The van der Waals surface area contributed by atoms with Crippen LogP contribution in [0.1, 0.15) is 11.1 Å². The lowest BCUT2D eigenvalue weighted by atomic mass is 9.91. The molecule has 106 valence electrons. The van der Waals surface area contributed by atoms with Crippen molar-refractivity contribution >= 4 is 10.8 Å². The number of phenols is 2. The lowest BCUT2D eigenvalue weighted by molar-refractivity contribution is 0.301. The molecule has 1 aliphatic heterocycles. The Hall–Kier alpha value is -3.19. The van der Waals surface area contributed by atoms with Gasteiger partial charge in [-0.25, -0.2) is 0 Å². The zero-order chi connectivity index (χ0) is 15.3. The molecule has 0 atom stereocenters. The maximum Gasteiger partial charge on any atom is 0.146 e. The second kappa shape index (κ2) is 4.40. The van der Waals surface area contributed by atoms with Crippen molar-refractivity contribution in [3.8, 4) is 34.4 Å². The van der Waals surface area contributed by atoms with Gasteiger partial charge in [0.15, 0.2) is 0 Å². The number of aromatic hydroxyl groups is 2. The number of hydrogen-bond acceptors (Lipinski definition) is 4. The minimum absolute atomic E-state index is 0.116. The van der Waals surface area contributed by atoms with E-state index >= 15 is 0 Å². The Kier molecular flexibility index (Phi) is 2.51. The van der Waals surface area contributed by atoms with Crippen LogP contribution in [-0.2, 0) is 6.61 Å². The minimum atomic E-state index is 0.116. The van der Waals surface area contributed by atoms with Gasteiger partial charge in [-0.05, 0) is 41.3 Å². The third kappa shape index (κ3) is 1.69. The molecule has 4 nitrogen and oxygen atoms in total. The molecular weight excluding hydrogens is 278 g/mol. The van der Waals surface area contributed by atoms with E-state index in [4.69, 9.17) is 4.74 Å². The molecule has 0 saturated carbocycles. The summed E-state index contributed by atoms with van der Waals surface area (Å²) in [5, 5.41) is 30.3. The van der Waals surface area contributed by atoms with Gasteiger partial charge in [-0.15, -0.1) is 0 Å². The van der Waals surface area contributed by atoms with Gasteiger partial charge >= 0.3 is 0 Å². The van der Waals surface area contributed by atoms with E-state index in [1.165, 1.54) is 0 Å². The molecule has 3 aromatic rings. The Morgan fingerprint density at radius 1 is 0.955 bits per heavy atom. The van der Waals surface area contributed by atoms with Gasteiger partial charge in [0.2, 0.25) is 0 Å². The largest absolute Gasteiger partial charge is 0.508 e. The standard InChI is InChI=1S/C18H11NO3/c19-8-17-15-7-13(21)2-1-10(15)6-16-14-4-3-12(20)5-11(14)9-22-18(16)17/h1-7,20-21H,9H2. The number of nitrogens with zero attached hydrogens (tertiary/aromatic N) is 1. The van der Waals surface area contributed by atoms with Crippen LogP contribution in [0.15, 0.2) is 42.5 Å². The van der Waals surface area contributed by atoms with Gasteiger partial charge < -0.3 is 14.9 Å². The predicted octanol–water partition coefficient (Wildman–Crippen LogP) is 3.68. The fourth-order valence-electron chi connectivity index (χ4n) is 2.94. The molecule has 3 aromatic carbocycles. The highest BCUT2D eigenvalue weighted by Gasteiger charge is 2.23. The van der Waals surface area contributed by atoms with Crippen LogP contribution in [0.25, 0.3) is 21.9 Å². The van der Waals surface area contributed by atoms with E-state index in [2.05, 4.69) is 6.07 Å². The number of fused-ring (bicyclic) bond motifs is 4. The molecule has 1 heterocycles. The van der Waals surface area contributed by atoms with Crippen LogP contribution in [0.5, 0.6) is 17.2 Å². The van der Waals surface area contributed by atoms with Crippen molar-refractivity contribution in [3.63, 3.8) is 0 Å². The van der Waals surface area contributed by atoms with Crippen molar-refractivity contribution in [1.82, 2.24) is 0 Å². The second-order valence-corrected chi connectivity index (χ2v) is 5.28. The first kappa shape index (κ1) is 12.5. The molecule has 2 N–H and O–H groups in total. The van der Waals surface area contributed by atoms with Crippen molar-refractivity contribution in [1.29, 1.82) is 5.26 Å². The number of hydrogen-bond donors (Lipinski definition) is 2. The lowest BCUT2D eigenvalue weighted by Crippen LogP contribution is -2.07. The number of phenolic OH excluding ortho intramolecular Hbond substituents is 2. The molecule has 0 amide bonds. The topological polar surface area (TPSA) is 73.5 Å². The van der Waals surface area contributed by atoms with Crippen LogP contribution in [0, 0.1) is 11.3 Å². The van der Waals surface area contributed by atoms with Gasteiger partial charge in [-0.1, -0.05) is 12.1 Å². The number of benzene rings is 3. The number of ether oxygens (including phenoxy) is 1. The molecule has 4 heteroatoms. The summed E-state index contributed by atoms with van der Waals surface area (Å²) in [6.45, 7) is 0.301. The Morgan fingerprint density at radius 2 is 1.73 bits per heavy atom. The Labute approximate surface area is 126 Å². The summed E-state index contributed by atoms with van der Waals surface area (Å²) in [5.41, 5.74) is 3.08. The van der Waals surface area contributed by atoms with E-state index in [1.807, 2.05) is 12.1 Å². The summed E-state index contributed by atoms with van der Waals surface area (Å²) in [6, 6.07) is 14.2. The highest BCUT2D eigenvalue weighted by atomic mass is 16.5. The van der Waals surface area contributed by atoms with E-state index in [0.717, 1.165) is 22.1 Å². The zero-order valence-electron chi connectivity index (χ0n) is 11.5. The van der Waals surface area contributed by atoms with Crippen LogP contribution in [-0.4, -0.2) is 10.2 Å². The van der Waals surface area contributed by atoms with E-state index in [-0.39, 0.29) is 11.5 Å². The first-order valence-electron chi connectivity index (χ1n) is 6.82. The molecule has 0 unspecified atom stereocenters. The zero-order valence-corrected chi connectivity index (χ0v) is 11.5. The molecule has 0 aliphatic carbocycles. The van der Waals surface area contributed by atoms with Crippen molar-refractivity contribution in [2.75, 3.05) is 0 Å². The molecule has 0 fully saturated rings. The first-order chi connectivity index (χ1) is 10.7. The third-order valence-corrected chi connectivity index (χ3v) is 3.94. The molecule has 4 rings (SSSR count). The molecule has 22 heavy (non-hydrogen) atoms. The average Bonchev–Trinajstić information content (AvgIpc) is 2.52. The second-order valence-electron chi connectivity index (χ2n) is 5.28. The van der Waals surface area contributed by atoms with E-state index in [0.29, 0.717) is 23.3 Å². The van der Waals surface area contributed by atoms with E-state index in [1.54, 1.807) is 30.3 Å². The van der Waals surface area contributed by atoms with Gasteiger partial charge in [-0.3, -0.25) is 0 Å². The fraction of sp³-hybridized carbons (Fsp3) is 0.0556. The number of rotatable bonds is 0. The predicted molar refractivity (Wildman–Crippen MR) is 81.8 cm³/mol. The SMILES string of the molecule is N#Cc1c2c(cc3ccc(O)cc13)-c1ccc(O)cc1CO2. The normalized spacial score (nSPS) is 12.1. The quantitative estimate of drug-likeness (QED) is 0.662. The van der Waals surface area contributed by atoms with Gasteiger partial charge in [0.1, 0.15) is 35.5 Å². The molecule has 0 spiro atoms. The summed E-state index contributed by atoms with van der Waals surface area (Å²) in [5.74, 6) is 0.834. The van der Waals surface area contributed by atoms with Crippen molar-refractivity contribution in [3.05, 3.63) is 53.6 Å². The Morgan fingerprint density at radius 3 is 2.55 bits per heavy atom. The van der Waals surface area contributed by atoms with Gasteiger partial charge in [0.25, 0.3) is 0 Å². The number of nitriles is 1. The first-order valence-corrected chi connectivity index (χ1v) is 6.82. The molecule has 0 aromatic heterocycles. The lowest BCUT2D eigenvalue weighted by Gasteiger charge is -2.23.